The van der Waals surface area contributed by atoms with E-state index in [4.69, 9.17) is 4.74 Å². The van der Waals surface area contributed by atoms with Crippen molar-refractivity contribution in [2.24, 2.45) is 0 Å². The van der Waals surface area contributed by atoms with Crippen LogP contribution in [0.4, 0.5) is 0 Å². The van der Waals surface area contributed by atoms with Gasteiger partial charge in [-0.25, -0.2) is 0 Å². The van der Waals surface area contributed by atoms with Crippen LogP contribution in [0.2, 0.25) is 0 Å². The molecule has 1 rings (SSSR count). The second-order valence-corrected chi connectivity index (χ2v) is 5.18. The van der Waals surface area contributed by atoms with E-state index >= 15 is 0 Å². The standard InChI is InChI=1S/C14H30N2O/c1-4-6-14-12-16(9-11-17-10-5-2)13(3)7-8-15-14/h13-15H,4-12H2,1-3H3. The summed E-state index contributed by atoms with van der Waals surface area (Å²) in [5.74, 6) is 0. The summed E-state index contributed by atoms with van der Waals surface area (Å²) in [4.78, 5) is 2.59. The third-order valence-electron chi connectivity index (χ3n) is 3.58. The summed E-state index contributed by atoms with van der Waals surface area (Å²) in [6, 6.07) is 1.37. The number of ether oxygens (including phenoxy) is 1. The van der Waals surface area contributed by atoms with Gasteiger partial charge in [-0.3, -0.25) is 4.90 Å². The van der Waals surface area contributed by atoms with E-state index in [0.29, 0.717) is 12.1 Å². The molecule has 102 valence electrons. The second kappa shape index (κ2) is 8.90. The third-order valence-corrected chi connectivity index (χ3v) is 3.58. The molecule has 1 aliphatic rings. The Morgan fingerprint density at radius 1 is 1.24 bits per heavy atom. The summed E-state index contributed by atoms with van der Waals surface area (Å²) in [5.41, 5.74) is 0. The minimum absolute atomic E-state index is 0.677. The minimum Gasteiger partial charge on any atom is -0.380 e. The van der Waals surface area contributed by atoms with Gasteiger partial charge in [0.1, 0.15) is 0 Å². The average Bonchev–Trinajstić information content (AvgIpc) is 2.48. The van der Waals surface area contributed by atoms with Crippen molar-refractivity contribution in [1.29, 1.82) is 0 Å². The maximum atomic E-state index is 5.61. The van der Waals surface area contributed by atoms with Crippen molar-refractivity contribution in [2.45, 2.75) is 58.5 Å². The van der Waals surface area contributed by atoms with Gasteiger partial charge >= 0.3 is 0 Å². The van der Waals surface area contributed by atoms with Crippen LogP contribution in [-0.4, -0.2) is 49.8 Å². The smallest absolute Gasteiger partial charge is 0.0593 e. The molecule has 0 spiro atoms. The Hall–Kier alpha value is -0.120. The van der Waals surface area contributed by atoms with E-state index in [-0.39, 0.29) is 0 Å². The first kappa shape index (κ1) is 14.9. The second-order valence-electron chi connectivity index (χ2n) is 5.18. The number of rotatable bonds is 7. The van der Waals surface area contributed by atoms with Gasteiger partial charge < -0.3 is 10.1 Å². The van der Waals surface area contributed by atoms with Crippen molar-refractivity contribution in [3.63, 3.8) is 0 Å². The Kier molecular flexibility index (Phi) is 7.82. The van der Waals surface area contributed by atoms with Crippen LogP contribution in [0.25, 0.3) is 0 Å². The van der Waals surface area contributed by atoms with Gasteiger partial charge in [-0.1, -0.05) is 20.3 Å². The van der Waals surface area contributed by atoms with Crippen LogP contribution in [0, 0.1) is 0 Å². The lowest BCUT2D eigenvalue weighted by Crippen LogP contribution is -2.41. The van der Waals surface area contributed by atoms with Crippen LogP contribution in [0.3, 0.4) is 0 Å². The van der Waals surface area contributed by atoms with Gasteiger partial charge in [-0.2, -0.15) is 0 Å². The molecule has 0 radical (unpaired) electrons. The molecule has 0 aromatic carbocycles. The highest BCUT2D eigenvalue weighted by molar-refractivity contribution is 4.80. The molecule has 0 amide bonds. The van der Waals surface area contributed by atoms with Gasteiger partial charge in [-0.05, 0) is 32.7 Å². The lowest BCUT2D eigenvalue weighted by atomic mass is 10.1. The Bertz CT molecular complexity index is 187. The molecule has 3 heteroatoms. The number of nitrogens with one attached hydrogen (secondary N) is 1. The maximum absolute atomic E-state index is 5.61. The van der Waals surface area contributed by atoms with E-state index in [2.05, 4.69) is 31.0 Å². The first-order chi connectivity index (χ1) is 8.27. The summed E-state index contributed by atoms with van der Waals surface area (Å²) in [7, 11) is 0. The Labute approximate surface area is 107 Å². The molecule has 0 aromatic heterocycles. The average molecular weight is 242 g/mol. The quantitative estimate of drug-likeness (QED) is 0.693. The van der Waals surface area contributed by atoms with Crippen molar-refractivity contribution in [1.82, 2.24) is 10.2 Å². The Morgan fingerprint density at radius 3 is 2.76 bits per heavy atom. The predicted octanol–water partition coefficient (Wildman–Crippen LogP) is 2.27. The van der Waals surface area contributed by atoms with Crippen LogP contribution in [-0.2, 0) is 4.74 Å². The lowest BCUT2D eigenvalue weighted by Gasteiger charge is -2.28. The fourth-order valence-electron chi connectivity index (χ4n) is 2.49. The van der Waals surface area contributed by atoms with E-state index in [0.717, 1.165) is 32.7 Å². The largest absolute Gasteiger partial charge is 0.380 e. The lowest BCUT2D eigenvalue weighted by molar-refractivity contribution is 0.0887. The Morgan fingerprint density at radius 2 is 2.06 bits per heavy atom. The van der Waals surface area contributed by atoms with Gasteiger partial charge in [0.25, 0.3) is 0 Å². The molecular formula is C14H30N2O. The third kappa shape index (κ3) is 5.84. The minimum atomic E-state index is 0.677. The number of hydrogen-bond acceptors (Lipinski definition) is 3. The van der Waals surface area contributed by atoms with Gasteiger partial charge in [-0.15, -0.1) is 0 Å². The van der Waals surface area contributed by atoms with Gasteiger partial charge in [0.05, 0.1) is 6.61 Å². The van der Waals surface area contributed by atoms with Gasteiger partial charge in [0.15, 0.2) is 0 Å². The summed E-state index contributed by atoms with van der Waals surface area (Å²) in [6.07, 6.45) is 4.94. The monoisotopic (exact) mass is 242 g/mol. The molecule has 2 unspecified atom stereocenters. The summed E-state index contributed by atoms with van der Waals surface area (Å²) in [5, 5.41) is 3.66. The summed E-state index contributed by atoms with van der Waals surface area (Å²) in [6.45, 7) is 12.0. The van der Waals surface area contributed by atoms with Gasteiger partial charge in [0.2, 0.25) is 0 Å². The molecule has 1 saturated heterocycles. The van der Waals surface area contributed by atoms with E-state index in [1.807, 2.05) is 0 Å². The van der Waals surface area contributed by atoms with E-state index < -0.39 is 0 Å². The molecular weight excluding hydrogens is 212 g/mol. The highest BCUT2D eigenvalue weighted by Crippen LogP contribution is 2.11. The molecule has 0 bridgehead atoms. The van der Waals surface area contributed by atoms with Crippen molar-refractivity contribution < 1.29 is 4.74 Å². The zero-order valence-electron chi connectivity index (χ0n) is 11.9. The molecule has 1 heterocycles. The van der Waals surface area contributed by atoms with Crippen molar-refractivity contribution in [3.8, 4) is 0 Å². The van der Waals surface area contributed by atoms with Gasteiger partial charge in [0, 0.05) is 31.8 Å². The molecule has 0 aliphatic carbocycles. The van der Waals surface area contributed by atoms with E-state index in [9.17, 15) is 0 Å². The molecule has 1 aliphatic heterocycles. The van der Waals surface area contributed by atoms with Crippen LogP contribution in [0.15, 0.2) is 0 Å². The van der Waals surface area contributed by atoms with E-state index in [1.165, 1.54) is 25.8 Å². The first-order valence-electron chi connectivity index (χ1n) is 7.33. The van der Waals surface area contributed by atoms with Crippen molar-refractivity contribution >= 4 is 0 Å². The fraction of sp³-hybridized carbons (Fsp3) is 1.00. The van der Waals surface area contributed by atoms with Crippen molar-refractivity contribution in [3.05, 3.63) is 0 Å². The molecule has 1 N–H and O–H groups in total. The summed E-state index contributed by atoms with van der Waals surface area (Å²) < 4.78 is 5.61. The van der Waals surface area contributed by atoms with Crippen LogP contribution in [0.5, 0.6) is 0 Å². The van der Waals surface area contributed by atoms with E-state index in [1.54, 1.807) is 0 Å². The SMILES string of the molecule is CCCOCCN1CC(CCC)NCCC1C. The Balaban J connectivity index is 2.31. The maximum Gasteiger partial charge on any atom is 0.0593 e. The predicted molar refractivity (Wildman–Crippen MR) is 73.5 cm³/mol. The summed E-state index contributed by atoms with van der Waals surface area (Å²) >= 11 is 0. The fourth-order valence-corrected chi connectivity index (χ4v) is 2.49. The van der Waals surface area contributed by atoms with Crippen LogP contribution < -0.4 is 5.32 Å². The molecule has 17 heavy (non-hydrogen) atoms. The molecule has 0 aromatic rings. The molecule has 1 fully saturated rings. The number of nitrogens with zero attached hydrogens (tertiary/aromatic N) is 1. The molecule has 0 saturated carbocycles. The number of hydrogen-bond donors (Lipinski definition) is 1. The van der Waals surface area contributed by atoms with Crippen LogP contribution >= 0.6 is 0 Å². The topological polar surface area (TPSA) is 24.5 Å². The molecule has 2 atom stereocenters. The van der Waals surface area contributed by atoms with Crippen molar-refractivity contribution in [2.75, 3.05) is 32.8 Å². The zero-order valence-corrected chi connectivity index (χ0v) is 11.9. The highest BCUT2D eigenvalue weighted by atomic mass is 16.5. The normalized spacial score (nSPS) is 27.0. The highest BCUT2D eigenvalue weighted by Gasteiger charge is 2.21. The first-order valence-corrected chi connectivity index (χ1v) is 7.33. The molecule has 3 nitrogen and oxygen atoms in total. The zero-order chi connectivity index (χ0) is 12.5. The van der Waals surface area contributed by atoms with Crippen LogP contribution in [0.1, 0.15) is 46.5 Å².